The minimum absolute atomic E-state index is 0. The summed E-state index contributed by atoms with van der Waals surface area (Å²) in [7, 11) is 1.93. The summed E-state index contributed by atoms with van der Waals surface area (Å²) in [6.07, 6.45) is 4.16. The first-order chi connectivity index (χ1) is 7.38. The van der Waals surface area contributed by atoms with Gasteiger partial charge in [0.25, 0.3) is 0 Å². The quantitative estimate of drug-likeness (QED) is 0.679. The third kappa shape index (κ3) is 3.24. The van der Waals surface area contributed by atoms with E-state index in [1.165, 1.54) is 5.56 Å². The molecule has 84 valence electrons. The molecule has 0 atom stereocenters. The number of pyridine rings is 1. The van der Waals surface area contributed by atoms with E-state index in [1.54, 1.807) is 0 Å². The Hall–Kier alpha value is -1.54. The Morgan fingerprint density at radius 1 is 1.00 bits per heavy atom. The molecule has 3 heteroatoms. The molecule has 0 spiro atoms. The van der Waals surface area contributed by atoms with Crippen molar-refractivity contribution in [2.24, 2.45) is 0 Å². The van der Waals surface area contributed by atoms with Gasteiger partial charge in [-0.2, -0.15) is 0 Å². The summed E-state index contributed by atoms with van der Waals surface area (Å²) in [6.45, 7) is 0.921. The van der Waals surface area contributed by atoms with Crippen LogP contribution in [0.15, 0.2) is 54.9 Å². The van der Waals surface area contributed by atoms with Gasteiger partial charge in [0.15, 0.2) is 18.9 Å². The minimum Gasteiger partial charge on any atom is -1.00 e. The van der Waals surface area contributed by atoms with Crippen LogP contribution in [0.5, 0.6) is 0 Å². The smallest absolute Gasteiger partial charge is 0.173 e. The molecule has 2 aromatic rings. The predicted octanol–water partition coefficient (Wildman–Crippen LogP) is -0.932. The average Bonchev–Trinajstić information content (AvgIpc) is 2.31. The second-order valence-corrected chi connectivity index (χ2v) is 3.49. The monoisotopic (exact) mass is 234 g/mol. The van der Waals surface area contributed by atoms with Crippen molar-refractivity contribution in [3.8, 4) is 0 Å². The molecular formula is C13H15ClN2. The lowest BCUT2D eigenvalue weighted by Gasteiger charge is -1.99. The van der Waals surface area contributed by atoms with Crippen LogP contribution in [0.25, 0.3) is 0 Å². The van der Waals surface area contributed by atoms with Crippen molar-refractivity contribution in [1.29, 1.82) is 0 Å². The predicted molar refractivity (Wildman–Crippen MR) is 61.7 cm³/mol. The normalized spacial score (nSPS) is 9.31. The third-order valence-corrected chi connectivity index (χ3v) is 2.39. The number of aromatic nitrogens is 1. The summed E-state index contributed by atoms with van der Waals surface area (Å²) < 4.78 is 2.16. The van der Waals surface area contributed by atoms with E-state index in [1.807, 2.05) is 13.1 Å². The van der Waals surface area contributed by atoms with E-state index in [4.69, 9.17) is 0 Å². The lowest BCUT2D eigenvalue weighted by Crippen LogP contribution is -3.00. The molecule has 2 nitrogen and oxygen atoms in total. The van der Waals surface area contributed by atoms with Crippen LogP contribution < -0.4 is 22.3 Å². The molecule has 0 amide bonds. The van der Waals surface area contributed by atoms with Crippen LogP contribution in [0, 0.1) is 0 Å². The van der Waals surface area contributed by atoms with Crippen LogP contribution in [0.4, 0.5) is 5.69 Å². The van der Waals surface area contributed by atoms with Gasteiger partial charge >= 0.3 is 0 Å². The van der Waals surface area contributed by atoms with E-state index in [9.17, 15) is 0 Å². The molecule has 0 saturated carbocycles. The Balaban J connectivity index is 0.00000128. The van der Waals surface area contributed by atoms with Crippen LogP contribution in [-0.2, 0) is 6.54 Å². The molecule has 0 aliphatic heterocycles. The summed E-state index contributed by atoms with van der Waals surface area (Å²) in [6, 6.07) is 14.6. The first kappa shape index (κ1) is 12.5. The molecule has 0 unspecified atom stereocenters. The Bertz CT molecular complexity index is 412. The molecule has 0 aliphatic rings. The van der Waals surface area contributed by atoms with Gasteiger partial charge in [0.1, 0.15) is 0 Å². The van der Waals surface area contributed by atoms with Crippen LogP contribution in [-0.4, -0.2) is 7.05 Å². The van der Waals surface area contributed by atoms with E-state index in [0.717, 1.165) is 12.2 Å². The molecule has 2 rings (SSSR count). The molecule has 16 heavy (non-hydrogen) atoms. The Kier molecular flexibility index (Phi) is 4.80. The molecule has 0 saturated heterocycles. The van der Waals surface area contributed by atoms with E-state index in [0.29, 0.717) is 0 Å². The number of hydrogen-bond donors (Lipinski definition) is 1. The van der Waals surface area contributed by atoms with Gasteiger partial charge in [0, 0.05) is 30.4 Å². The van der Waals surface area contributed by atoms with Crippen molar-refractivity contribution in [2.75, 3.05) is 12.4 Å². The van der Waals surface area contributed by atoms with E-state index < -0.39 is 0 Å². The first-order valence-electron chi connectivity index (χ1n) is 5.09. The molecular weight excluding hydrogens is 220 g/mol. The van der Waals surface area contributed by atoms with Gasteiger partial charge in [-0.3, -0.25) is 0 Å². The van der Waals surface area contributed by atoms with Crippen molar-refractivity contribution in [3.63, 3.8) is 0 Å². The second-order valence-electron chi connectivity index (χ2n) is 3.49. The highest BCUT2D eigenvalue weighted by Crippen LogP contribution is 2.01. The number of rotatable bonds is 3. The van der Waals surface area contributed by atoms with Gasteiger partial charge in [0.05, 0.1) is 0 Å². The van der Waals surface area contributed by atoms with Crippen molar-refractivity contribution < 1.29 is 17.0 Å². The molecule has 1 N–H and O–H groups in total. The minimum atomic E-state index is 0. The summed E-state index contributed by atoms with van der Waals surface area (Å²) in [5, 5.41) is 3.10. The SMILES string of the molecule is CNc1cc[n+](Cc2ccccc2)cc1.[Cl-]. The van der Waals surface area contributed by atoms with Gasteiger partial charge in [-0.25, -0.2) is 4.57 Å². The number of hydrogen-bond acceptors (Lipinski definition) is 1. The van der Waals surface area contributed by atoms with Crippen LogP contribution in [0.3, 0.4) is 0 Å². The topological polar surface area (TPSA) is 15.9 Å². The second kappa shape index (κ2) is 6.13. The fourth-order valence-corrected chi connectivity index (χ4v) is 1.52. The maximum atomic E-state index is 3.10. The van der Waals surface area contributed by atoms with E-state index in [-0.39, 0.29) is 12.4 Å². The zero-order valence-electron chi connectivity index (χ0n) is 9.23. The Morgan fingerprint density at radius 3 is 2.19 bits per heavy atom. The summed E-state index contributed by atoms with van der Waals surface area (Å²) >= 11 is 0. The fraction of sp³-hybridized carbons (Fsp3) is 0.154. The highest BCUT2D eigenvalue weighted by molar-refractivity contribution is 5.38. The van der Waals surface area contributed by atoms with E-state index >= 15 is 0 Å². The van der Waals surface area contributed by atoms with Gasteiger partial charge in [0.2, 0.25) is 0 Å². The average molecular weight is 235 g/mol. The van der Waals surface area contributed by atoms with Crippen LogP contribution in [0.2, 0.25) is 0 Å². The largest absolute Gasteiger partial charge is 1.00 e. The number of nitrogens with zero attached hydrogens (tertiary/aromatic N) is 1. The Morgan fingerprint density at radius 2 is 1.62 bits per heavy atom. The van der Waals surface area contributed by atoms with Gasteiger partial charge < -0.3 is 17.7 Å². The van der Waals surface area contributed by atoms with Crippen molar-refractivity contribution in [2.45, 2.75) is 6.54 Å². The maximum absolute atomic E-state index is 3.10. The molecule has 1 heterocycles. The number of halogens is 1. The number of nitrogens with one attached hydrogen (secondary N) is 1. The van der Waals surface area contributed by atoms with Crippen molar-refractivity contribution in [3.05, 3.63) is 60.4 Å². The zero-order valence-corrected chi connectivity index (χ0v) is 9.98. The maximum Gasteiger partial charge on any atom is 0.173 e. The summed E-state index contributed by atoms with van der Waals surface area (Å²) in [4.78, 5) is 0. The van der Waals surface area contributed by atoms with Crippen molar-refractivity contribution >= 4 is 5.69 Å². The third-order valence-electron chi connectivity index (χ3n) is 2.39. The van der Waals surface area contributed by atoms with Gasteiger partial charge in [-0.05, 0) is 0 Å². The van der Waals surface area contributed by atoms with Crippen molar-refractivity contribution in [1.82, 2.24) is 0 Å². The van der Waals surface area contributed by atoms with Gasteiger partial charge in [-0.1, -0.05) is 30.3 Å². The number of anilines is 1. The molecule has 0 radical (unpaired) electrons. The van der Waals surface area contributed by atoms with E-state index in [2.05, 4.69) is 58.7 Å². The molecule has 0 aliphatic carbocycles. The molecule has 0 bridgehead atoms. The fourth-order valence-electron chi connectivity index (χ4n) is 1.52. The number of benzene rings is 1. The van der Waals surface area contributed by atoms with Crippen LogP contribution in [0.1, 0.15) is 5.56 Å². The standard InChI is InChI=1S/C13H14N2.ClH/c1-14-13-7-9-15(10-8-13)11-12-5-3-2-4-6-12;/h2-10H,11H2,1H3;1H. The summed E-state index contributed by atoms with van der Waals surface area (Å²) in [5.74, 6) is 0. The first-order valence-corrected chi connectivity index (χ1v) is 5.09. The lowest BCUT2D eigenvalue weighted by atomic mass is 10.2. The van der Waals surface area contributed by atoms with Gasteiger partial charge in [-0.15, -0.1) is 0 Å². The lowest BCUT2D eigenvalue weighted by molar-refractivity contribution is -0.688. The van der Waals surface area contributed by atoms with Crippen LogP contribution >= 0.6 is 0 Å². The Labute approximate surface area is 102 Å². The highest BCUT2D eigenvalue weighted by Gasteiger charge is 2.00. The highest BCUT2D eigenvalue weighted by atomic mass is 35.5. The molecule has 0 fully saturated rings. The zero-order chi connectivity index (χ0) is 10.5. The summed E-state index contributed by atoms with van der Waals surface area (Å²) in [5.41, 5.74) is 2.46. The molecule has 1 aromatic carbocycles. The molecule has 1 aromatic heterocycles.